The monoisotopic (exact) mass is 393 g/mol. The molecule has 29 heavy (non-hydrogen) atoms. The fourth-order valence-electron chi connectivity index (χ4n) is 3.90. The molecule has 0 aliphatic carbocycles. The summed E-state index contributed by atoms with van der Waals surface area (Å²) in [6.45, 7) is 7.03. The number of allylic oxidation sites excluding steroid dienone is 2. The summed E-state index contributed by atoms with van der Waals surface area (Å²) in [5.74, 6) is 0.00492. The molecule has 3 aliphatic rings. The summed E-state index contributed by atoms with van der Waals surface area (Å²) in [6.07, 6.45) is 7.24. The third-order valence-electron chi connectivity index (χ3n) is 5.81. The molecule has 7 heteroatoms. The van der Waals surface area contributed by atoms with Crippen LogP contribution in [0.15, 0.2) is 53.7 Å². The summed E-state index contributed by atoms with van der Waals surface area (Å²) in [4.78, 5) is 35.8. The molecule has 0 saturated carbocycles. The number of anilines is 1. The van der Waals surface area contributed by atoms with Crippen LogP contribution in [-0.4, -0.2) is 71.1 Å². The van der Waals surface area contributed by atoms with Crippen LogP contribution in [0.25, 0.3) is 0 Å². The molecule has 7 nitrogen and oxygen atoms in total. The minimum Gasteiger partial charge on any atom is -0.324 e. The van der Waals surface area contributed by atoms with Crippen LogP contribution in [0.2, 0.25) is 0 Å². The Hall–Kier alpha value is -2.77. The molecule has 3 aliphatic heterocycles. The number of piperazine rings is 1. The van der Waals surface area contributed by atoms with E-state index in [4.69, 9.17) is 0 Å². The minimum absolute atomic E-state index is 0.0437. The number of fused-ring (bicyclic) bond motifs is 1. The van der Waals surface area contributed by atoms with Crippen LogP contribution >= 0.6 is 0 Å². The van der Waals surface area contributed by atoms with Crippen molar-refractivity contribution in [2.45, 2.75) is 25.4 Å². The summed E-state index contributed by atoms with van der Waals surface area (Å²) in [6, 6.07) is 7.97. The van der Waals surface area contributed by atoms with Gasteiger partial charge >= 0.3 is 0 Å². The molecule has 1 saturated heterocycles. The van der Waals surface area contributed by atoms with Gasteiger partial charge in [-0.1, -0.05) is 18.2 Å². The van der Waals surface area contributed by atoms with Gasteiger partial charge in [-0.05, 0) is 43.8 Å². The van der Waals surface area contributed by atoms with Crippen LogP contribution in [0.1, 0.15) is 18.9 Å². The number of nitrogens with one attached hydrogen (secondary N) is 1. The van der Waals surface area contributed by atoms with Crippen LogP contribution in [-0.2, 0) is 16.1 Å². The van der Waals surface area contributed by atoms with Crippen LogP contribution < -0.4 is 5.32 Å². The number of hydrogen-bond acceptors (Lipinski definition) is 5. The van der Waals surface area contributed by atoms with Crippen molar-refractivity contribution in [3.05, 3.63) is 54.3 Å². The molecular formula is C22H27N5O2. The lowest BCUT2D eigenvalue weighted by atomic mass is 9.91. The Morgan fingerprint density at radius 2 is 1.86 bits per heavy atom. The first kappa shape index (κ1) is 19.5. The van der Waals surface area contributed by atoms with Crippen molar-refractivity contribution in [3.63, 3.8) is 0 Å². The maximum atomic E-state index is 13.1. The van der Waals surface area contributed by atoms with Gasteiger partial charge in [0.1, 0.15) is 11.4 Å². The van der Waals surface area contributed by atoms with E-state index in [1.165, 1.54) is 5.56 Å². The molecule has 2 amide bonds. The second kappa shape index (κ2) is 7.93. The highest BCUT2D eigenvalue weighted by molar-refractivity contribution is 6.11. The number of aliphatic imine (C=N–C) groups is 1. The number of nitrogens with zero attached hydrogens (tertiary/aromatic N) is 4. The zero-order valence-electron chi connectivity index (χ0n) is 17.0. The molecule has 1 unspecified atom stereocenters. The lowest BCUT2D eigenvalue weighted by molar-refractivity contribution is -0.130. The van der Waals surface area contributed by atoms with E-state index >= 15 is 0 Å². The van der Waals surface area contributed by atoms with Gasteiger partial charge in [0.05, 0.1) is 6.42 Å². The number of benzene rings is 1. The maximum Gasteiger partial charge on any atom is 0.250 e. The van der Waals surface area contributed by atoms with Gasteiger partial charge < -0.3 is 15.1 Å². The third-order valence-corrected chi connectivity index (χ3v) is 5.81. The number of carbonyl (C=O) groups excluding carboxylic acids is 2. The molecule has 0 radical (unpaired) electrons. The van der Waals surface area contributed by atoms with Crippen LogP contribution in [0.3, 0.4) is 0 Å². The number of amides is 2. The van der Waals surface area contributed by atoms with Crippen molar-refractivity contribution in [2.24, 2.45) is 4.99 Å². The Kier molecular flexibility index (Phi) is 5.34. The first-order valence-corrected chi connectivity index (χ1v) is 10.0. The summed E-state index contributed by atoms with van der Waals surface area (Å²) in [5.41, 5.74) is 0.949. The van der Waals surface area contributed by atoms with E-state index in [0.717, 1.165) is 38.4 Å². The van der Waals surface area contributed by atoms with Crippen molar-refractivity contribution in [1.82, 2.24) is 14.7 Å². The average Bonchev–Trinajstić information content (AvgIpc) is 2.71. The standard InChI is InChI=1S/C22H27N5O2/c1-22(15-20(28)24-19-5-3-4-10-27(19)22)21(29)23-18-8-6-17(7-9-18)16-26-13-11-25(2)12-14-26/h3-10H,11-16H2,1-2H3,(H,23,29). The Morgan fingerprint density at radius 3 is 2.59 bits per heavy atom. The Bertz CT molecular complexity index is 881. The van der Waals surface area contributed by atoms with Gasteiger partial charge in [0, 0.05) is 44.6 Å². The largest absolute Gasteiger partial charge is 0.324 e. The highest BCUT2D eigenvalue weighted by Gasteiger charge is 2.45. The zero-order chi connectivity index (χ0) is 20.4. The molecule has 3 heterocycles. The first-order valence-electron chi connectivity index (χ1n) is 10.0. The average molecular weight is 393 g/mol. The Morgan fingerprint density at radius 1 is 1.14 bits per heavy atom. The van der Waals surface area contributed by atoms with Gasteiger partial charge in [0.2, 0.25) is 0 Å². The molecule has 1 aromatic carbocycles. The summed E-state index contributed by atoms with van der Waals surface area (Å²) in [7, 11) is 2.15. The lowest BCUT2D eigenvalue weighted by Crippen LogP contribution is -2.58. The van der Waals surface area contributed by atoms with Crippen LogP contribution in [0, 0.1) is 0 Å². The molecular weight excluding hydrogens is 366 g/mol. The van der Waals surface area contributed by atoms with Gasteiger partial charge in [-0.15, -0.1) is 0 Å². The van der Waals surface area contributed by atoms with Crippen molar-refractivity contribution in [2.75, 3.05) is 38.5 Å². The molecule has 1 fully saturated rings. The summed E-state index contributed by atoms with van der Waals surface area (Å²) in [5, 5.41) is 2.98. The quantitative estimate of drug-likeness (QED) is 0.846. The zero-order valence-corrected chi connectivity index (χ0v) is 17.0. The van der Waals surface area contributed by atoms with Gasteiger partial charge in [-0.2, -0.15) is 4.99 Å². The minimum atomic E-state index is -1.01. The van der Waals surface area contributed by atoms with E-state index in [1.807, 2.05) is 24.3 Å². The van der Waals surface area contributed by atoms with Gasteiger partial charge in [0.25, 0.3) is 11.8 Å². The van der Waals surface area contributed by atoms with E-state index in [9.17, 15) is 9.59 Å². The summed E-state index contributed by atoms with van der Waals surface area (Å²) >= 11 is 0. The molecule has 1 N–H and O–H groups in total. The van der Waals surface area contributed by atoms with Gasteiger partial charge in [-0.25, -0.2) is 0 Å². The second-order valence-corrected chi connectivity index (χ2v) is 8.12. The molecule has 1 aromatic rings. The Balaban J connectivity index is 1.42. The molecule has 0 spiro atoms. The molecule has 0 aromatic heterocycles. The summed E-state index contributed by atoms with van der Waals surface area (Å²) < 4.78 is 0. The maximum absolute atomic E-state index is 13.1. The van der Waals surface area contributed by atoms with E-state index in [-0.39, 0.29) is 18.2 Å². The van der Waals surface area contributed by atoms with E-state index < -0.39 is 5.54 Å². The number of hydrogen-bond donors (Lipinski definition) is 1. The highest BCUT2D eigenvalue weighted by atomic mass is 16.2. The second-order valence-electron chi connectivity index (χ2n) is 8.12. The van der Waals surface area contributed by atoms with Crippen molar-refractivity contribution < 1.29 is 9.59 Å². The predicted molar refractivity (Wildman–Crippen MR) is 113 cm³/mol. The van der Waals surface area contributed by atoms with Crippen LogP contribution in [0.5, 0.6) is 0 Å². The van der Waals surface area contributed by atoms with Gasteiger partial charge in [0.15, 0.2) is 0 Å². The third kappa shape index (κ3) is 4.16. The van der Waals surface area contributed by atoms with Crippen molar-refractivity contribution in [1.29, 1.82) is 0 Å². The highest BCUT2D eigenvalue weighted by Crippen LogP contribution is 2.29. The van der Waals surface area contributed by atoms with E-state index in [1.54, 1.807) is 24.1 Å². The fourth-order valence-corrected chi connectivity index (χ4v) is 3.90. The predicted octanol–water partition coefficient (Wildman–Crippen LogP) is 1.85. The SMILES string of the molecule is CN1CCN(Cc2ccc(NC(=O)C3(C)CC(=O)N=C4C=CC=CN43)cc2)CC1. The molecule has 0 bridgehead atoms. The van der Waals surface area contributed by atoms with E-state index in [2.05, 4.69) is 39.3 Å². The smallest absolute Gasteiger partial charge is 0.250 e. The van der Waals surface area contributed by atoms with Crippen molar-refractivity contribution in [3.8, 4) is 0 Å². The van der Waals surface area contributed by atoms with Crippen LogP contribution in [0.4, 0.5) is 5.69 Å². The fraction of sp³-hybridized carbons (Fsp3) is 0.409. The number of likely N-dealkylation sites (N-methyl/N-ethyl adjacent to an activating group) is 1. The first-order chi connectivity index (χ1) is 13.9. The number of amidine groups is 1. The number of carbonyl (C=O) groups is 2. The van der Waals surface area contributed by atoms with E-state index in [0.29, 0.717) is 5.84 Å². The lowest BCUT2D eigenvalue weighted by Gasteiger charge is -2.41. The molecule has 152 valence electrons. The topological polar surface area (TPSA) is 68.2 Å². The molecule has 4 rings (SSSR count). The molecule has 1 atom stereocenters. The van der Waals surface area contributed by atoms with Gasteiger partial charge in [-0.3, -0.25) is 14.5 Å². The normalized spacial score (nSPS) is 25.0. The number of rotatable bonds is 4. The van der Waals surface area contributed by atoms with Crippen molar-refractivity contribution >= 4 is 23.3 Å². The Labute approximate surface area is 171 Å².